The summed E-state index contributed by atoms with van der Waals surface area (Å²) in [4.78, 5) is 15.7. The Hall–Kier alpha value is -3.66. The average molecular weight is 539 g/mol. The molecule has 5 rings (SSSR count). The van der Waals surface area contributed by atoms with E-state index in [1.807, 2.05) is 30.7 Å². The van der Waals surface area contributed by atoms with E-state index in [1.54, 1.807) is 24.7 Å². The fourth-order valence-electron chi connectivity index (χ4n) is 5.64. The second kappa shape index (κ2) is 10.5. The number of halogens is 3. The molecule has 4 aromatic rings. The van der Waals surface area contributed by atoms with Crippen molar-refractivity contribution < 1.29 is 13.2 Å². The van der Waals surface area contributed by atoms with E-state index >= 15 is 0 Å². The Morgan fingerprint density at radius 3 is 2.69 bits per heavy atom. The summed E-state index contributed by atoms with van der Waals surface area (Å²) in [5, 5.41) is 8.27. The molecule has 0 saturated carbocycles. The van der Waals surface area contributed by atoms with E-state index in [9.17, 15) is 18.0 Å². The van der Waals surface area contributed by atoms with E-state index in [-0.39, 0.29) is 11.4 Å². The van der Waals surface area contributed by atoms with Gasteiger partial charge in [-0.1, -0.05) is 24.6 Å². The molecular formula is C29H33F3N6O. The number of pyridine rings is 1. The number of nitrogens with zero attached hydrogens (tertiary/aromatic N) is 6. The first-order valence-electron chi connectivity index (χ1n) is 13.2. The number of aromatic nitrogens is 5. The number of piperidine rings is 1. The fourth-order valence-corrected chi connectivity index (χ4v) is 5.64. The lowest BCUT2D eigenvalue weighted by atomic mass is 9.91. The summed E-state index contributed by atoms with van der Waals surface area (Å²) in [6, 6.07) is 8.46. The summed E-state index contributed by atoms with van der Waals surface area (Å²) in [7, 11) is 1.86. The molecule has 4 heterocycles. The number of aryl methyl sites for hydroxylation is 1. The number of likely N-dealkylation sites (tertiary alicyclic amines) is 1. The third kappa shape index (κ3) is 5.56. The number of hydrogen-bond acceptors (Lipinski definition) is 4. The minimum Gasteiger partial charge on any atom is -0.320 e. The minimum atomic E-state index is -4.60. The van der Waals surface area contributed by atoms with Crippen LogP contribution in [0, 0.1) is 5.92 Å². The summed E-state index contributed by atoms with van der Waals surface area (Å²) in [5.74, 6) is 1.06. The summed E-state index contributed by atoms with van der Waals surface area (Å²) in [6.45, 7) is 10.2. The Kier molecular flexibility index (Phi) is 7.24. The van der Waals surface area contributed by atoms with Gasteiger partial charge in [0, 0.05) is 38.4 Å². The van der Waals surface area contributed by atoms with Crippen molar-refractivity contribution >= 4 is 5.52 Å². The smallest absolute Gasteiger partial charge is 0.320 e. The molecule has 1 aliphatic heterocycles. The lowest BCUT2D eigenvalue weighted by Gasteiger charge is -2.31. The maximum absolute atomic E-state index is 14.2. The van der Waals surface area contributed by atoms with Gasteiger partial charge in [-0.3, -0.25) is 13.9 Å². The van der Waals surface area contributed by atoms with Gasteiger partial charge in [0.15, 0.2) is 0 Å². The van der Waals surface area contributed by atoms with Crippen molar-refractivity contribution in [1.29, 1.82) is 0 Å². The molecule has 10 heteroatoms. The van der Waals surface area contributed by atoms with Gasteiger partial charge in [-0.05, 0) is 68.0 Å². The van der Waals surface area contributed by atoms with Crippen LogP contribution in [0.3, 0.4) is 0 Å². The zero-order valence-corrected chi connectivity index (χ0v) is 22.4. The standard InChI is InChI=1S/C29H33F3N6O/c1-19(2)11-24(27-34-33-18-35(27)4)22-8-5-9-23(13-22)37-17-26-25(29(30,31)32)12-21(16-38(26)28(37)39)15-36-10-6-7-20(3)14-36/h5,8-9,12-13,16-18,20,24H,1,6-7,10-11,14-15H2,2-4H3/t20-,24-/m0/s1. The maximum atomic E-state index is 14.2. The summed E-state index contributed by atoms with van der Waals surface area (Å²) < 4.78 is 46.9. The van der Waals surface area contributed by atoms with E-state index in [0.29, 0.717) is 30.1 Å². The number of allylic oxidation sites excluding steroid dienone is 1. The van der Waals surface area contributed by atoms with E-state index in [1.165, 1.54) is 16.8 Å². The normalized spacial score (nSPS) is 17.5. The molecule has 0 spiro atoms. The van der Waals surface area contributed by atoms with Crippen LogP contribution >= 0.6 is 0 Å². The highest BCUT2D eigenvalue weighted by molar-refractivity contribution is 5.58. The van der Waals surface area contributed by atoms with Crippen LogP contribution in [0.1, 0.15) is 61.5 Å². The van der Waals surface area contributed by atoms with Gasteiger partial charge in [-0.15, -0.1) is 16.8 Å². The van der Waals surface area contributed by atoms with Gasteiger partial charge in [-0.2, -0.15) is 13.2 Å². The molecule has 1 fully saturated rings. The predicted molar refractivity (Wildman–Crippen MR) is 144 cm³/mol. The van der Waals surface area contributed by atoms with Gasteiger partial charge < -0.3 is 4.57 Å². The van der Waals surface area contributed by atoms with Gasteiger partial charge in [0.25, 0.3) is 0 Å². The number of rotatable bonds is 7. The number of imidazole rings is 1. The molecule has 0 aliphatic carbocycles. The average Bonchev–Trinajstić information content (AvgIpc) is 3.44. The molecule has 3 aromatic heterocycles. The van der Waals surface area contributed by atoms with E-state index < -0.39 is 17.4 Å². The zero-order valence-electron chi connectivity index (χ0n) is 22.4. The zero-order chi connectivity index (χ0) is 27.9. The van der Waals surface area contributed by atoms with Crippen LogP contribution in [0.5, 0.6) is 0 Å². The second-order valence-electron chi connectivity index (χ2n) is 10.9. The van der Waals surface area contributed by atoms with E-state index in [2.05, 4.69) is 28.6 Å². The Morgan fingerprint density at radius 2 is 2.03 bits per heavy atom. The number of benzene rings is 1. The second-order valence-corrected chi connectivity index (χ2v) is 10.9. The summed E-state index contributed by atoms with van der Waals surface area (Å²) in [5.41, 5.74) is 1.25. The Labute approximate surface area is 225 Å². The molecular weight excluding hydrogens is 505 g/mol. The Balaban J connectivity index is 1.59. The molecule has 1 aliphatic rings. The van der Waals surface area contributed by atoms with Crippen molar-refractivity contribution in [3.8, 4) is 5.69 Å². The van der Waals surface area contributed by atoms with Crippen molar-refractivity contribution in [3.63, 3.8) is 0 Å². The van der Waals surface area contributed by atoms with E-state index in [0.717, 1.165) is 47.3 Å². The third-order valence-electron chi connectivity index (χ3n) is 7.44. The van der Waals surface area contributed by atoms with Gasteiger partial charge in [0.1, 0.15) is 12.2 Å². The minimum absolute atomic E-state index is 0.166. The van der Waals surface area contributed by atoms with Crippen LogP contribution < -0.4 is 5.69 Å². The first-order chi connectivity index (χ1) is 18.5. The highest BCUT2D eigenvalue weighted by Crippen LogP contribution is 2.34. The summed E-state index contributed by atoms with van der Waals surface area (Å²) >= 11 is 0. The van der Waals surface area contributed by atoms with Crippen molar-refractivity contribution in [2.45, 2.75) is 51.7 Å². The van der Waals surface area contributed by atoms with Crippen LogP contribution in [0.4, 0.5) is 13.2 Å². The molecule has 7 nitrogen and oxygen atoms in total. The van der Waals surface area contributed by atoms with Crippen molar-refractivity contribution in [2.24, 2.45) is 13.0 Å². The maximum Gasteiger partial charge on any atom is 0.418 e. The predicted octanol–water partition coefficient (Wildman–Crippen LogP) is 5.57. The quantitative estimate of drug-likeness (QED) is 0.289. The number of alkyl halides is 3. The van der Waals surface area contributed by atoms with Crippen molar-refractivity contribution in [3.05, 3.63) is 94.2 Å². The van der Waals surface area contributed by atoms with Crippen LogP contribution in [0.2, 0.25) is 0 Å². The molecule has 0 radical (unpaired) electrons. The SMILES string of the molecule is C=C(C)C[C@@H](c1cccc(-n2cc3c(C(F)(F)F)cc(CN4CCC[C@H](C)C4)cn3c2=O)c1)c1nncn1C. The number of fused-ring (bicyclic) bond motifs is 1. The van der Waals surface area contributed by atoms with Crippen LogP contribution in [-0.4, -0.2) is 41.7 Å². The van der Waals surface area contributed by atoms with Crippen molar-refractivity contribution in [1.82, 2.24) is 28.6 Å². The van der Waals surface area contributed by atoms with Crippen molar-refractivity contribution in [2.75, 3.05) is 13.1 Å². The molecule has 39 heavy (non-hydrogen) atoms. The van der Waals surface area contributed by atoms with Crippen LogP contribution in [0.25, 0.3) is 11.2 Å². The molecule has 1 aromatic carbocycles. The third-order valence-corrected chi connectivity index (χ3v) is 7.44. The number of hydrogen-bond donors (Lipinski definition) is 0. The van der Waals surface area contributed by atoms with E-state index in [4.69, 9.17) is 0 Å². The van der Waals surface area contributed by atoms with Gasteiger partial charge in [0.05, 0.1) is 16.8 Å². The van der Waals surface area contributed by atoms with Crippen LogP contribution in [0.15, 0.2) is 66.0 Å². The first kappa shape index (κ1) is 26.9. The monoisotopic (exact) mass is 538 g/mol. The lowest BCUT2D eigenvalue weighted by Crippen LogP contribution is -2.34. The van der Waals surface area contributed by atoms with Gasteiger partial charge in [-0.25, -0.2) is 4.79 Å². The molecule has 0 N–H and O–H groups in total. The summed E-state index contributed by atoms with van der Waals surface area (Å²) in [6.07, 6.45) is 2.60. The Morgan fingerprint density at radius 1 is 1.23 bits per heavy atom. The fraction of sp³-hybridized carbons (Fsp3) is 0.414. The molecule has 206 valence electrons. The largest absolute Gasteiger partial charge is 0.418 e. The lowest BCUT2D eigenvalue weighted by molar-refractivity contribution is -0.136. The molecule has 0 bridgehead atoms. The van der Waals surface area contributed by atoms with Gasteiger partial charge >= 0.3 is 11.9 Å². The van der Waals surface area contributed by atoms with Gasteiger partial charge in [0.2, 0.25) is 0 Å². The highest BCUT2D eigenvalue weighted by Gasteiger charge is 2.35. The molecule has 2 atom stereocenters. The highest BCUT2D eigenvalue weighted by atomic mass is 19.4. The molecule has 0 unspecified atom stereocenters. The molecule has 1 saturated heterocycles. The molecule has 0 amide bonds. The topological polar surface area (TPSA) is 60.4 Å². The first-order valence-corrected chi connectivity index (χ1v) is 13.2. The van der Waals surface area contributed by atoms with Crippen LogP contribution in [-0.2, 0) is 19.8 Å². The Bertz CT molecular complexity index is 1560.